The van der Waals surface area contributed by atoms with E-state index in [2.05, 4.69) is 20.0 Å². The molecule has 0 amide bonds. The Bertz CT molecular complexity index is 806. The molecule has 0 aliphatic carbocycles. The highest BCUT2D eigenvalue weighted by Crippen LogP contribution is 2.23. The predicted octanol–water partition coefficient (Wildman–Crippen LogP) is 0.738. The van der Waals surface area contributed by atoms with Gasteiger partial charge in [-0.25, -0.2) is 4.79 Å². The minimum atomic E-state index is -4.02. The highest BCUT2D eigenvalue weighted by atomic mass is 32.2. The molecule has 2 aromatic heterocycles. The maximum Gasteiger partial charge on any atom is 0.342 e. The van der Waals surface area contributed by atoms with Crippen LogP contribution in [0.4, 0.5) is 5.69 Å². The fourth-order valence-electron chi connectivity index (χ4n) is 1.94. The zero-order valence-corrected chi connectivity index (χ0v) is 13.5. The summed E-state index contributed by atoms with van der Waals surface area (Å²) in [6, 6.07) is 0. The van der Waals surface area contributed by atoms with Crippen LogP contribution >= 0.6 is 0 Å². The van der Waals surface area contributed by atoms with Crippen molar-refractivity contribution >= 4 is 21.7 Å². The van der Waals surface area contributed by atoms with E-state index in [1.165, 1.54) is 0 Å². The quantitative estimate of drug-likeness (QED) is 0.782. The van der Waals surface area contributed by atoms with Crippen molar-refractivity contribution in [3.63, 3.8) is 0 Å². The van der Waals surface area contributed by atoms with E-state index >= 15 is 0 Å². The normalized spacial score (nSPS) is 11.5. The first-order valence-electron chi connectivity index (χ1n) is 6.51. The topological polar surface area (TPSA) is 119 Å². The number of nitrogens with zero attached hydrogens (tertiary/aromatic N) is 3. The van der Waals surface area contributed by atoms with Gasteiger partial charge < -0.3 is 4.74 Å². The molecule has 22 heavy (non-hydrogen) atoms. The molecular weight excluding hydrogens is 310 g/mol. The third-order valence-electron chi connectivity index (χ3n) is 3.11. The smallest absolute Gasteiger partial charge is 0.342 e. The summed E-state index contributed by atoms with van der Waals surface area (Å²) in [5.41, 5.74) is 1.40. The van der Waals surface area contributed by atoms with Gasteiger partial charge in [0.05, 0.1) is 29.9 Å². The molecule has 0 spiro atoms. The monoisotopic (exact) mass is 327 g/mol. The number of aromatic nitrogens is 4. The number of ether oxygens (including phenoxy) is 1. The second-order valence-corrected chi connectivity index (χ2v) is 6.23. The van der Waals surface area contributed by atoms with E-state index in [1.807, 2.05) is 0 Å². The van der Waals surface area contributed by atoms with Gasteiger partial charge in [-0.05, 0) is 20.8 Å². The Labute approximate surface area is 127 Å². The van der Waals surface area contributed by atoms with Crippen molar-refractivity contribution in [3.05, 3.63) is 23.1 Å². The Morgan fingerprint density at radius 1 is 1.45 bits per heavy atom. The molecule has 0 saturated carbocycles. The van der Waals surface area contributed by atoms with Crippen molar-refractivity contribution in [2.45, 2.75) is 25.8 Å². The van der Waals surface area contributed by atoms with E-state index < -0.39 is 16.0 Å². The van der Waals surface area contributed by atoms with Gasteiger partial charge in [0, 0.05) is 7.05 Å². The molecule has 0 unspecified atom stereocenters. The number of rotatable bonds is 5. The number of hydrogen-bond acceptors (Lipinski definition) is 6. The Kier molecular flexibility index (Phi) is 4.22. The summed E-state index contributed by atoms with van der Waals surface area (Å²) >= 11 is 0. The lowest BCUT2D eigenvalue weighted by Gasteiger charge is -2.08. The van der Waals surface area contributed by atoms with Crippen LogP contribution in [-0.2, 0) is 21.8 Å². The first kappa shape index (κ1) is 16.0. The molecule has 2 N–H and O–H groups in total. The fraction of sp³-hybridized carbons (Fsp3) is 0.417. The Balaban J connectivity index is 2.40. The number of aromatic amines is 1. The molecule has 0 aromatic carbocycles. The molecule has 0 aliphatic heterocycles. The molecule has 2 aromatic rings. The molecule has 9 nitrogen and oxygen atoms in total. The third kappa shape index (κ3) is 2.82. The number of sulfonamides is 1. The van der Waals surface area contributed by atoms with E-state index in [9.17, 15) is 13.2 Å². The minimum Gasteiger partial charge on any atom is -0.462 e. The largest absolute Gasteiger partial charge is 0.462 e. The van der Waals surface area contributed by atoms with E-state index in [1.54, 1.807) is 32.5 Å². The van der Waals surface area contributed by atoms with Crippen LogP contribution in [0, 0.1) is 13.8 Å². The molecule has 0 atom stereocenters. The van der Waals surface area contributed by atoms with Crippen molar-refractivity contribution in [1.29, 1.82) is 0 Å². The van der Waals surface area contributed by atoms with Gasteiger partial charge in [0.25, 0.3) is 10.0 Å². The number of carbonyl (C=O) groups is 1. The minimum absolute atomic E-state index is 0.137. The van der Waals surface area contributed by atoms with Gasteiger partial charge in [-0.2, -0.15) is 18.6 Å². The van der Waals surface area contributed by atoms with Gasteiger partial charge >= 0.3 is 5.97 Å². The van der Waals surface area contributed by atoms with Crippen LogP contribution in [0.5, 0.6) is 0 Å². The summed E-state index contributed by atoms with van der Waals surface area (Å²) in [5, 5.41) is 9.74. The number of hydrogen-bond donors (Lipinski definition) is 2. The maximum atomic E-state index is 12.5. The summed E-state index contributed by atoms with van der Waals surface area (Å²) in [4.78, 5) is 11.8. The molecule has 0 aliphatic rings. The average Bonchev–Trinajstić information content (AvgIpc) is 3.01. The summed E-state index contributed by atoms with van der Waals surface area (Å²) in [6.07, 6.45) is 1.12. The first-order valence-corrected chi connectivity index (χ1v) is 7.99. The number of anilines is 1. The summed E-state index contributed by atoms with van der Waals surface area (Å²) in [6.45, 7) is 5.19. The Morgan fingerprint density at radius 3 is 2.68 bits per heavy atom. The molecule has 2 heterocycles. The zero-order chi connectivity index (χ0) is 16.5. The predicted molar refractivity (Wildman–Crippen MR) is 78.0 cm³/mol. The van der Waals surface area contributed by atoms with Crippen LogP contribution in [0.2, 0.25) is 0 Å². The van der Waals surface area contributed by atoms with Gasteiger partial charge in [0.1, 0.15) is 5.56 Å². The van der Waals surface area contributed by atoms with Crippen molar-refractivity contribution in [3.8, 4) is 0 Å². The highest BCUT2D eigenvalue weighted by molar-refractivity contribution is 7.92. The van der Waals surface area contributed by atoms with Gasteiger partial charge in [-0.3, -0.25) is 14.5 Å². The molecule has 10 heteroatoms. The summed E-state index contributed by atoms with van der Waals surface area (Å²) in [7, 11) is -2.31. The molecule has 0 radical (unpaired) electrons. The average molecular weight is 327 g/mol. The Hall–Kier alpha value is -2.36. The molecular formula is C12H17N5O4S. The summed E-state index contributed by atoms with van der Waals surface area (Å²) in [5.74, 6) is -0.753. The molecule has 0 fully saturated rings. The lowest BCUT2D eigenvalue weighted by Crippen LogP contribution is -2.18. The zero-order valence-electron chi connectivity index (χ0n) is 12.7. The van der Waals surface area contributed by atoms with Gasteiger partial charge in [-0.15, -0.1) is 0 Å². The molecule has 2 rings (SSSR count). The van der Waals surface area contributed by atoms with Gasteiger partial charge in [0.15, 0.2) is 5.03 Å². The first-order chi connectivity index (χ1) is 10.3. The van der Waals surface area contributed by atoms with Gasteiger partial charge in [-0.1, -0.05) is 0 Å². The van der Waals surface area contributed by atoms with Crippen molar-refractivity contribution in [1.82, 2.24) is 20.0 Å². The maximum absolute atomic E-state index is 12.5. The van der Waals surface area contributed by atoms with E-state index in [4.69, 9.17) is 4.74 Å². The second-order valence-electron chi connectivity index (χ2n) is 4.61. The number of carbonyl (C=O) groups excluding carboxylic acids is 1. The van der Waals surface area contributed by atoms with Crippen LogP contribution in [0.15, 0.2) is 11.2 Å². The number of aryl methyl sites for hydroxylation is 2. The number of nitrogens with one attached hydrogen (secondary N) is 2. The molecule has 120 valence electrons. The van der Waals surface area contributed by atoms with Crippen molar-refractivity contribution in [2.75, 3.05) is 11.3 Å². The van der Waals surface area contributed by atoms with Crippen LogP contribution in [0.1, 0.15) is 28.7 Å². The van der Waals surface area contributed by atoms with E-state index in [0.717, 1.165) is 6.20 Å². The van der Waals surface area contributed by atoms with E-state index in [0.29, 0.717) is 17.1 Å². The number of H-pyrrole nitrogens is 1. The number of esters is 1. The van der Waals surface area contributed by atoms with Crippen LogP contribution < -0.4 is 4.72 Å². The van der Waals surface area contributed by atoms with E-state index in [-0.39, 0.29) is 17.2 Å². The van der Waals surface area contributed by atoms with Crippen LogP contribution in [0.25, 0.3) is 0 Å². The van der Waals surface area contributed by atoms with Crippen molar-refractivity contribution < 1.29 is 17.9 Å². The molecule has 0 saturated heterocycles. The van der Waals surface area contributed by atoms with Crippen LogP contribution in [-0.4, -0.2) is 41.0 Å². The second kappa shape index (κ2) is 5.79. The lowest BCUT2D eigenvalue weighted by atomic mass is 10.3. The van der Waals surface area contributed by atoms with Gasteiger partial charge in [0.2, 0.25) is 0 Å². The van der Waals surface area contributed by atoms with Crippen LogP contribution in [0.3, 0.4) is 0 Å². The van der Waals surface area contributed by atoms with Crippen molar-refractivity contribution in [2.24, 2.45) is 7.05 Å². The lowest BCUT2D eigenvalue weighted by molar-refractivity contribution is 0.0522. The SMILES string of the molecule is CCOC(=O)c1cn[nH]c1S(=O)(=O)Nc1c(C)nn(C)c1C. The third-order valence-corrected chi connectivity index (χ3v) is 4.44. The highest BCUT2D eigenvalue weighted by Gasteiger charge is 2.27. The standard InChI is InChI=1S/C12H17N5O4S/c1-5-21-12(18)9-6-13-14-11(9)22(19,20)16-10-7(2)15-17(4)8(10)3/h6,16H,5H2,1-4H3,(H,13,14). The fourth-order valence-corrected chi connectivity index (χ4v) is 3.20. The Morgan fingerprint density at radius 2 is 2.14 bits per heavy atom. The summed E-state index contributed by atoms with van der Waals surface area (Å²) < 4.78 is 33.8. The molecule has 0 bridgehead atoms.